The lowest BCUT2D eigenvalue weighted by molar-refractivity contribution is 0.0420. The van der Waals surface area contributed by atoms with E-state index in [1.807, 2.05) is 26.0 Å². The molecule has 1 aromatic rings. The summed E-state index contributed by atoms with van der Waals surface area (Å²) in [4.78, 5) is 11.9. The number of ether oxygens (including phenoxy) is 1. The van der Waals surface area contributed by atoms with E-state index >= 15 is 0 Å². The lowest BCUT2D eigenvalue weighted by Crippen LogP contribution is -2.38. The van der Waals surface area contributed by atoms with Crippen LogP contribution in [0.4, 0.5) is 0 Å². The van der Waals surface area contributed by atoms with Gasteiger partial charge in [0.1, 0.15) is 5.75 Å². The molecule has 4 heteroatoms. The van der Waals surface area contributed by atoms with Gasteiger partial charge in [-0.25, -0.2) is 0 Å². The normalized spacial score (nSPS) is 21.9. The zero-order valence-electron chi connectivity index (χ0n) is 11.4. The Morgan fingerprint density at radius 2 is 2.00 bits per heavy atom. The molecule has 1 saturated carbocycles. The molecule has 2 N–H and O–H groups in total. The molecular formula is C15H21NO3. The summed E-state index contributed by atoms with van der Waals surface area (Å²) in [5.41, 5.74) is 0.635. The van der Waals surface area contributed by atoms with Gasteiger partial charge in [0.25, 0.3) is 5.91 Å². The first-order chi connectivity index (χ1) is 9.04. The van der Waals surface area contributed by atoms with Crippen LogP contribution in [0.1, 0.15) is 37.0 Å². The predicted octanol–water partition coefficient (Wildman–Crippen LogP) is 1.97. The highest BCUT2D eigenvalue weighted by atomic mass is 16.5. The highest BCUT2D eigenvalue weighted by Gasteiger charge is 2.27. The third kappa shape index (κ3) is 3.96. The molecule has 0 atom stereocenters. The highest BCUT2D eigenvalue weighted by molar-refractivity contribution is 5.94. The monoisotopic (exact) mass is 263 g/mol. The highest BCUT2D eigenvalue weighted by Crippen LogP contribution is 2.26. The van der Waals surface area contributed by atoms with Crippen LogP contribution in [0.25, 0.3) is 0 Å². The molecule has 1 aliphatic carbocycles. The van der Waals surface area contributed by atoms with Crippen molar-refractivity contribution < 1.29 is 14.6 Å². The third-order valence-corrected chi connectivity index (χ3v) is 3.25. The standard InChI is InChI=1S/C15H21NO3/c1-10(2)19-14-5-3-12(4-6-14)15(18)16-9-11-7-13(17)8-11/h3-6,10-11,13,17H,7-9H2,1-2H3,(H,16,18). The van der Waals surface area contributed by atoms with Crippen LogP contribution in [0.15, 0.2) is 24.3 Å². The number of hydrogen-bond acceptors (Lipinski definition) is 3. The SMILES string of the molecule is CC(C)Oc1ccc(C(=O)NCC2CC(O)C2)cc1. The van der Waals surface area contributed by atoms with Crippen LogP contribution < -0.4 is 10.1 Å². The number of benzene rings is 1. The fourth-order valence-corrected chi connectivity index (χ4v) is 2.16. The van der Waals surface area contributed by atoms with Gasteiger partial charge in [-0.05, 0) is 56.9 Å². The zero-order chi connectivity index (χ0) is 13.8. The van der Waals surface area contributed by atoms with Gasteiger partial charge in [-0.2, -0.15) is 0 Å². The number of hydrogen-bond donors (Lipinski definition) is 2. The molecule has 0 unspecified atom stereocenters. The largest absolute Gasteiger partial charge is 0.491 e. The summed E-state index contributed by atoms with van der Waals surface area (Å²) in [5, 5.41) is 12.1. The average Bonchev–Trinajstić information content (AvgIpc) is 2.33. The van der Waals surface area contributed by atoms with E-state index in [0.717, 1.165) is 18.6 Å². The van der Waals surface area contributed by atoms with Crippen molar-refractivity contribution in [2.24, 2.45) is 5.92 Å². The minimum absolute atomic E-state index is 0.0718. The van der Waals surface area contributed by atoms with Crippen molar-refractivity contribution in [3.05, 3.63) is 29.8 Å². The van der Waals surface area contributed by atoms with Gasteiger partial charge in [0.05, 0.1) is 12.2 Å². The first-order valence-electron chi connectivity index (χ1n) is 6.77. The molecule has 0 bridgehead atoms. The van der Waals surface area contributed by atoms with Crippen molar-refractivity contribution in [1.82, 2.24) is 5.32 Å². The van der Waals surface area contributed by atoms with Crippen molar-refractivity contribution in [3.8, 4) is 5.75 Å². The zero-order valence-corrected chi connectivity index (χ0v) is 11.4. The molecule has 0 saturated heterocycles. The molecule has 2 rings (SSSR count). The van der Waals surface area contributed by atoms with Gasteiger partial charge in [0.2, 0.25) is 0 Å². The van der Waals surface area contributed by atoms with E-state index in [2.05, 4.69) is 5.32 Å². The molecule has 0 spiro atoms. The first-order valence-corrected chi connectivity index (χ1v) is 6.77. The maximum atomic E-state index is 11.9. The maximum absolute atomic E-state index is 11.9. The Morgan fingerprint density at radius 1 is 1.37 bits per heavy atom. The number of amides is 1. The van der Waals surface area contributed by atoms with E-state index < -0.39 is 0 Å². The fraction of sp³-hybridized carbons (Fsp3) is 0.533. The Kier molecular flexibility index (Phi) is 4.43. The Bertz CT molecular complexity index is 422. The second-order valence-corrected chi connectivity index (χ2v) is 5.39. The molecule has 19 heavy (non-hydrogen) atoms. The van der Waals surface area contributed by atoms with Crippen LogP contribution in [0.3, 0.4) is 0 Å². The van der Waals surface area contributed by atoms with Crippen LogP contribution in [-0.2, 0) is 0 Å². The summed E-state index contributed by atoms with van der Waals surface area (Å²) in [6.45, 7) is 4.57. The fourth-order valence-electron chi connectivity index (χ4n) is 2.16. The molecule has 1 amide bonds. The Hall–Kier alpha value is -1.55. The minimum atomic E-state index is -0.172. The van der Waals surface area contributed by atoms with Gasteiger partial charge in [0, 0.05) is 12.1 Å². The summed E-state index contributed by atoms with van der Waals surface area (Å²) in [6, 6.07) is 7.15. The Balaban J connectivity index is 1.81. The number of aliphatic hydroxyl groups is 1. The number of nitrogens with one attached hydrogen (secondary N) is 1. The van der Waals surface area contributed by atoms with Crippen molar-refractivity contribution in [2.75, 3.05) is 6.54 Å². The van der Waals surface area contributed by atoms with Crippen molar-refractivity contribution in [2.45, 2.75) is 38.9 Å². The van der Waals surface area contributed by atoms with Gasteiger partial charge in [-0.15, -0.1) is 0 Å². The quantitative estimate of drug-likeness (QED) is 0.854. The molecule has 1 aliphatic rings. The van der Waals surface area contributed by atoms with E-state index in [9.17, 15) is 9.90 Å². The summed E-state index contributed by atoms with van der Waals surface area (Å²) < 4.78 is 5.53. The Morgan fingerprint density at radius 3 is 2.53 bits per heavy atom. The second kappa shape index (κ2) is 6.06. The van der Waals surface area contributed by atoms with Crippen LogP contribution in [0.2, 0.25) is 0 Å². The number of carbonyl (C=O) groups excluding carboxylic acids is 1. The van der Waals surface area contributed by atoms with Gasteiger partial charge in [-0.1, -0.05) is 0 Å². The van der Waals surface area contributed by atoms with Gasteiger partial charge in [0.15, 0.2) is 0 Å². The average molecular weight is 263 g/mol. The summed E-state index contributed by atoms with van der Waals surface area (Å²) in [6.07, 6.45) is 1.54. The van der Waals surface area contributed by atoms with Gasteiger partial charge in [-0.3, -0.25) is 4.79 Å². The van der Waals surface area contributed by atoms with Crippen molar-refractivity contribution in [3.63, 3.8) is 0 Å². The molecule has 104 valence electrons. The number of rotatable bonds is 5. The lowest BCUT2D eigenvalue weighted by atomic mass is 9.82. The maximum Gasteiger partial charge on any atom is 0.251 e. The smallest absolute Gasteiger partial charge is 0.251 e. The van der Waals surface area contributed by atoms with E-state index in [4.69, 9.17) is 4.74 Å². The van der Waals surface area contributed by atoms with Gasteiger partial charge >= 0.3 is 0 Å². The molecule has 0 aliphatic heterocycles. The Labute approximate surface area is 113 Å². The van der Waals surface area contributed by atoms with E-state index in [0.29, 0.717) is 18.0 Å². The summed E-state index contributed by atoms with van der Waals surface area (Å²) in [7, 11) is 0. The summed E-state index contributed by atoms with van der Waals surface area (Å²) >= 11 is 0. The van der Waals surface area contributed by atoms with Crippen molar-refractivity contribution >= 4 is 5.91 Å². The van der Waals surface area contributed by atoms with Crippen LogP contribution >= 0.6 is 0 Å². The molecule has 0 heterocycles. The second-order valence-electron chi connectivity index (χ2n) is 5.39. The minimum Gasteiger partial charge on any atom is -0.491 e. The third-order valence-electron chi connectivity index (χ3n) is 3.25. The number of aliphatic hydroxyl groups excluding tert-OH is 1. The topological polar surface area (TPSA) is 58.6 Å². The molecule has 4 nitrogen and oxygen atoms in total. The first kappa shape index (κ1) is 13.9. The van der Waals surface area contributed by atoms with E-state index in [1.165, 1.54) is 0 Å². The summed E-state index contributed by atoms with van der Waals surface area (Å²) in [5.74, 6) is 1.12. The van der Waals surface area contributed by atoms with E-state index in [-0.39, 0.29) is 18.1 Å². The van der Waals surface area contributed by atoms with Gasteiger partial charge < -0.3 is 15.2 Å². The molecule has 1 aromatic carbocycles. The van der Waals surface area contributed by atoms with Crippen LogP contribution in [0.5, 0.6) is 5.75 Å². The molecule has 1 fully saturated rings. The molecular weight excluding hydrogens is 242 g/mol. The van der Waals surface area contributed by atoms with E-state index in [1.54, 1.807) is 12.1 Å². The number of carbonyl (C=O) groups is 1. The van der Waals surface area contributed by atoms with Crippen molar-refractivity contribution in [1.29, 1.82) is 0 Å². The lowest BCUT2D eigenvalue weighted by Gasteiger charge is -2.31. The molecule has 0 aromatic heterocycles. The predicted molar refractivity (Wildman–Crippen MR) is 73.3 cm³/mol. The molecule has 0 radical (unpaired) electrons. The van der Waals surface area contributed by atoms with Crippen LogP contribution in [-0.4, -0.2) is 29.8 Å². The van der Waals surface area contributed by atoms with Crippen LogP contribution in [0, 0.1) is 5.92 Å².